The summed E-state index contributed by atoms with van der Waals surface area (Å²) in [4.78, 5) is 27.1. The number of likely N-dealkylation sites (tertiary alicyclic amines) is 1. The van der Waals surface area contributed by atoms with E-state index in [9.17, 15) is 9.59 Å². The molecule has 9 nitrogen and oxygen atoms in total. The molecule has 4 heterocycles. The Bertz CT molecular complexity index is 1180. The fraction of sp³-hybridized carbons (Fsp3) is 0.550. The number of rotatable bonds is 4. The highest BCUT2D eigenvalue weighted by Crippen LogP contribution is 2.22. The summed E-state index contributed by atoms with van der Waals surface area (Å²) in [5, 5.41) is 13.0. The van der Waals surface area contributed by atoms with Gasteiger partial charge >= 0.3 is 0 Å². The second-order valence-corrected chi connectivity index (χ2v) is 8.13. The molecule has 0 bridgehead atoms. The van der Waals surface area contributed by atoms with E-state index < -0.39 is 0 Å². The lowest BCUT2D eigenvalue weighted by atomic mass is 9.97. The summed E-state index contributed by atoms with van der Waals surface area (Å²) in [5.74, 6) is 0.746. The van der Waals surface area contributed by atoms with Crippen LogP contribution in [0.2, 0.25) is 0 Å². The van der Waals surface area contributed by atoms with Crippen molar-refractivity contribution in [1.29, 1.82) is 0 Å². The summed E-state index contributed by atoms with van der Waals surface area (Å²) < 4.78 is 4.91. The molecule has 1 unspecified atom stereocenters. The van der Waals surface area contributed by atoms with Crippen LogP contribution >= 0.6 is 0 Å². The SMILES string of the molecule is Cn1ccn2c(CN3CCCC3Cn3nc4c(cc3=O)CCCC4)nnc2c1=O. The zero-order valence-corrected chi connectivity index (χ0v) is 16.6. The highest BCUT2D eigenvalue weighted by atomic mass is 16.1. The molecule has 152 valence electrons. The van der Waals surface area contributed by atoms with E-state index in [0.717, 1.165) is 62.2 Å². The maximum absolute atomic E-state index is 12.6. The van der Waals surface area contributed by atoms with E-state index in [4.69, 9.17) is 0 Å². The monoisotopic (exact) mass is 395 g/mol. The minimum absolute atomic E-state index is 0.00563. The number of nitrogens with zero attached hydrogens (tertiary/aromatic N) is 7. The minimum atomic E-state index is -0.158. The molecule has 2 aliphatic rings. The van der Waals surface area contributed by atoms with Gasteiger partial charge in [-0.05, 0) is 50.6 Å². The first-order valence-electron chi connectivity index (χ1n) is 10.3. The van der Waals surface area contributed by atoms with Crippen molar-refractivity contribution in [3.8, 4) is 0 Å². The second kappa shape index (κ2) is 7.22. The van der Waals surface area contributed by atoms with Crippen LogP contribution in [0.4, 0.5) is 0 Å². The quantitative estimate of drug-likeness (QED) is 0.640. The Hall–Kier alpha value is -2.81. The van der Waals surface area contributed by atoms with Crippen molar-refractivity contribution >= 4 is 5.65 Å². The average Bonchev–Trinajstić information content (AvgIpc) is 3.33. The molecule has 5 rings (SSSR count). The van der Waals surface area contributed by atoms with Gasteiger partial charge in [0.2, 0.25) is 5.65 Å². The van der Waals surface area contributed by atoms with E-state index in [0.29, 0.717) is 18.7 Å². The number of hydrogen-bond acceptors (Lipinski definition) is 6. The Morgan fingerprint density at radius 1 is 1.10 bits per heavy atom. The Morgan fingerprint density at radius 3 is 2.86 bits per heavy atom. The molecule has 0 spiro atoms. The molecule has 1 aliphatic heterocycles. The zero-order chi connectivity index (χ0) is 20.0. The molecule has 1 aliphatic carbocycles. The van der Waals surface area contributed by atoms with Gasteiger partial charge in [0.1, 0.15) is 0 Å². The molecule has 0 N–H and O–H groups in total. The van der Waals surface area contributed by atoms with E-state index >= 15 is 0 Å². The van der Waals surface area contributed by atoms with Gasteiger partial charge in [-0.25, -0.2) is 4.68 Å². The van der Waals surface area contributed by atoms with Gasteiger partial charge in [0.05, 0.1) is 18.8 Å². The van der Waals surface area contributed by atoms with Gasteiger partial charge in [0, 0.05) is 31.5 Å². The molecule has 3 aromatic heterocycles. The summed E-state index contributed by atoms with van der Waals surface area (Å²) in [6.45, 7) is 2.12. The van der Waals surface area contributed by atoms with Gasteiger partial charge < -0.3 is 4.57 Å². The van der Waals surface area contributed by atoms with E-state index in [1.165, 1.54) is 4.57 Å². The van der Waals surface area contributed by atoms with Crippen LogP contribution in [-0.2, 0) is 33.0 Å². The van der Waals surface area contributed by atoms with Crippen molar-refractivity contribution in [1.82, 2.24) is 33.8 Å². The first-order chi connectivity index (χ1) is 14.1. The minimum Gasteiger partial charge on any atom is -0.314 e. The molecule has 0 saturated carbocycles. The maximum atomic E-state index is 12.6. The van der Waals surface area contributed by atoms with E-state index in [2.05, 4.69) is 20.2 Å². The Morgan fingerprint density at radius 2 is 1.97 bits per heavy atom. The van der Waals surface area contributed by atoms with E-state index in [1.807, 2.05) is 6.20 Å². The van der Waals surface area contributed by atoms with Gasteiger partial charge in [-0.3, -0.25) is 18.9 Å². The number of aromatic nitrogens is 6. The molecule has 0 radical (unpaired) electrons. The standard InChI is InChI=1S/C20H25N7O2/c1-24-9-10-26-17(21-22-19(26)20(24)29)13-25-8-4-6-15(25)12-27-18(28)11-14-5-2-3-7-16(14)23-27/h9-11,15H,2-8,12-13H2,1H3. The normalized spacial score (nSPS) is 19.7. The molecule has 29 heavy (non-hydrogen) atoms. The van der Waals surface area contributed by atoms with Gasteiger partial charge in [0.25, 0.3) is 11.1 Å². The average molecular weight is 395 g/mol. The first-order valence-corrected chi connectivity index (χ1v) is 10.3. The van der Waals surface area contributed by atoms with Gasteiger partial charge in [-0.1, -0.05) is 0 Å². The molecule has 0 aromatic carbocycles. The van der Waals surface area contributed by atoms with Crippen LogP contribution in [0.5, 0.6) is 0 Å². The molecule has 1 saturated heterocycles. The van der Waals surface area contributed by atoms with Crippen molar-refractivity contribution in [2.45, 2.75) is 57.7 Å². The fourth-order valence-corrected chi connectivity index (χ4v) is 4.55. The molecule has 9 heteroatoms. The Balaban J connectivity index is 1.38. The highest BCUT2D eigenvalue weighted by molar-refractivity contribution is 5.34. The third kappa shape index (κ3) is 3.29. The topological polar surface area (TPSA) is 90.3 Å². The summed E-state index contributed by atoms with van der Waals surface area (Å²) in [6, 6.07) is 2.00. The van der Waals surface area contributed by atoms with Gasteiger partial charge in [-0.2, -0.15) is 5.10 Å². The third-order valence-corrected chi connectivity index (χ3v) is 6.22. The Kier molecular flexibility index (Phi) is 4.54. The number of aryl methyl sites for hydroxylation is 3. The van der Waals surface area contributed by atoms with Crippen molar-refractivity contribution in [3.63, 3.8) is 0 Å². The summed E-state index contributed by atoms with van der Waals surface area (Å²) in [5.41, 5.74) is 2.38. The molecule has 3 aromatic rings. The van der Waals surface area contributed by atoms with E-state index in [1.54, 1.807) is 28.4 Å². The lowest BCUT2D eigenvalue weighted by molar-refractivity contribution is 0.210. The maximum Gasteiger partial charge on any atom is 0.295 e. The molecule has 1 fully saturated rings. The van der Waals surface area contributed by atoms with Gasteiger partial charge in [-0.15, -0.1) is 10.2 Å². The largest absolute Gasteiger partial charge is 0.314 e. The Labute approximate surface area is 167 Å². The zero-order valence-electron chi connectivity index (χ0n) is 16.6. The highest BCUT2D eigenvalue weighted by Gasteiger charge is 2.27. The second-order valence-electron chi connectivity index (χ2n) is 8.13. The van der Waals surface area contributed by atoms with Crippen molar-refractivity contribution in [2.75, 3.05) is 6.54 Å². The van der Waals surface area contributed by atoms with Crippen LogP contribution in [0.15, 0.2) is 28.0 Å². The molecule has 0 amide bonds. The van der Waals surface area contributed by atoms with Crippen LogP contribution in [-0.4, -0.2) is 46.4 Å². The van der Waals surface area contributed by atoms with Crippen LogP contribution in [0.25, 0.3) is 5.65 Å². The summed E-state index contributed by atoms with van der Waals surface area (Å²) >= 11 is 0. The summed E-state index contributed by atoms with van der Waals surface area (Å²) in [6.07, 6.45) is 9.86. The summed E-state index contributed by atoms with van der Waals surface area (Å²) in [7, 11) is 1.70. The van der Waals surface area contributed by atoms with Crippen molar-refractivity contribution in [2.24, 2.45) is 7.05 Å². The molecular weight excluding hydrogens is 370 g/mol. The van der Waals surface area contributed by atoms with Gasteiger partial charge in [0.15, 0.2) is 5.82 Å². The molecular formula is C20H25N7O2. The van der Waals surface area contributed by atoms with E-state index in [-0.39, 0.29) is 17.2 Å². The van der Waals surface area contributed by atoms with Crippen molar-refractivity contribution < 1.29 is 0 Å². The smallest absolute Gasteiger partial charge is 0.295 e. The van der Waals surface area contributed by atoms with Crippen LogP contribution in [0.3, 0.4) is 0 Å². The third-order valence-electron chi connectivity index (χ3n) is 6.22. The lowest BCUT2D eigenvalue weighted by Gasteiger charge is -2.24. The number of fused-ring (bicyclic) bond motifs is 2. The van der Waals surface area contributed by atoms with Crippen LogP contribution < -0.4 is 11.1 Å². The predicted molar refractivity (Wildman–Crippen MR) is 107 cm³/mol. The fourth-order valence-electron chi connectivity index (χ4n) is 4.55. The van der Waals surface area contributed by atoms with Crippen LogP contribution in [0.1, 0.15) is 42.8 Å². The number of hydrogen-bond donors (Lipinski definition) is 0. The first kappa shape index (κ1) is 18.2. The van der Waals surface area contributed by atoms with Crippen LogP contribution in [0, 0.1) is 0 Å². The predicted octanol–water partition coefficient (Wildman–Crippen LogP) is 0.528. The van der Waals surface area contributed by atoms with Crippen molar-refractivity contribution in [3.05, 3.63) is 56.2 Å². The lowest BCUT2D eigenvalue weighted by Crippen LogP contribution is -2.38. The molecule has 1 atom stereocenters.